The van der Waals surface area contributed by atoms with E-state index in [4.69, 9.17) is 5.11 Å². The van der Waals surface area contributed by atoms with E-state index in [1.54, 1.807) is 13.0 Å². The Kier molecular flexibility index (Phi) is 4.65. The number of rotatable bonds is 4. The third-order valence-electron chi connectivity index (χ3n) is 2.00. The second kappa shape index (κ2) is 5.78. The SMILES string of the molecule is CSc1ccccc1C(=O)N[C@@H](C)CO. The number of hydrogen-bond donors (Lipinski definition) is 2. The molecule has 1 aromatic rings. The standard InChI is InChI=1S/C11H15NO2S/c1-8(7-13)12-11(14)9-5-3-4-6-10(9)15-2/h3-6,8,13H,7H2,1-2H3,(H,12,14)/t8-/m0/s1. The Labute approximate surface area is 93.9 Å². The molecule has 0 aromatic heterocycles. The summed E-state index contributed by atoms with van der Waals surface area (Å²) in [5.74, 6) is -0.137. The second-order valence-corrected chi connectivity index (χ2v) is 4.11. The highest BCUT2D eigenvalue weighted by atomic mass is 32.2. The Morgan fingerprint density at radius 2 is 2.20 bits per heavy atom. The first-order valence-corrected chi connectivity index (χ1v) is 5.96. The van der Waals surface area contributed by atoms with Gasteiger partial charge in [-0.2, -0.15) is 0 Å². The van der Waals surface area contributed by atoms with Gasteiger partial charge in [0, 0.05) is 10.9 Å². The molecule has 0 heterocycles. The van der Waals surface area contributed by atoms with Gasteiger partial charge in [-0.25, -0.2) is 0 Å². The number of thioether (sulfide) groups is 1. The van der Waals surface area contributed by atoms with Crippen LogP contribution in [0.5, 0.6) is 0 Å². The smallest absolute Gasteiger partial charge is 0.252 e. The van der Waals surface area contributed by atoms with Crippen molar-refractivity contribution in [2.24, 2.45) is 0 Å². The van der Waals surface area contributed by atoms with Crippen molar-refractivity contribution in [3.63, 3.8) is 0 Å². The summed E-state index contributed by atoms with van der Waals surface area (Å²) in [5.41, 5.74) is 0.658. The Balaban J connectivity index is 2.81. The summed E-state index contributed by atoms with van der Waals surface area (Å²) >= 11 is 1.54. The average molecular weight is 225 g/mol. The molecule has 0 spiro atoms. The van der Waals surface area contributed by atoms with Crippen LogP contribution >= 0.6 is 11.8 Å². The van der Waals surface area contributed by atoms with Crippen molar-refractivity contribution in [3.8, 4) is 0 Å². The highest BCUT2D eigenvalue weighted by molar-refractivity contribution is 7.98. The van der Waals surface area contributed by atoms with E-state index in [1.807, 2.05) is 24.5 Å². The van der Waals surface area contributed by atoms with Gasteiger partial charge in [-0.05, 0) is 25.3 Å². The minimum Gasteiger partial charge on any atom is -0.394 e. The largest absolute Gasteiger partial charge is 0.394 e. The summed E-state index contributed by atoms with van der Waals surface area (Å²) in [5, 5.41) is 11.6. The third-order valence-corrected chi connectivity index (χ3v) is 2.80. The van der Waals surface area contributed by atoms with Crippen LogP contribution in [0.3, 0.4) is 0 Å². The van der Waals surface area contributed by atoms with Gasteiger partial charge in [-0.1, -0.05) is 12.1 Å². The highest BCUT2D eigenvalue weighted by Gasteiger charge is 2.11. The summed E-state index contributed by atoms with van der Waals surface area (Å²) < 4.78 is 0. The lowest BCUT2D eigenvalue weighted by Gasteiger charge is -2.12. The van der Waals surface area contributed by atoms with Gasteiger partial charge in [-0.3, -0.25) is 4.79 Å². The van der Waals surface area contributed by atoms with Gasteiger partial charge in [0.25, 0.3) is 5.91 Å². The number of carbonyl (C=O) groups is 1. The van der Waals surface area contributed by atoms with Gasteiger partial charge in [0.15, 0.2) is 0 Å². The van der Waals surface area contributed by atoms with E-state index in [-0.39, 0.29) is 18.6 Å². The number of nitrogens with one attached hydrogen (secondary N) is 1. The van der Waals surface area contributed by atoms with Crippen molar-refractivity contribution in [1.29, 1.82) is 0 Å². The maximum atomic E-state index is 11.8. The lowest BCUT2D eigenvalue weighted by molar-refractivity contribution is 0.0919. The van der Waals surface area contributed by atoms with E-state index in [0.717, 1.165) is 4.90 Å². The molecule has 0 bridgehead atoms. The van der Waals surface area contributed by atoms with Crippen LogP contribution in [0.1, 0.15) is 17.3 Å². The molecule has 0 aliphatic heterocycles. The lowest BCUT2D eigenvalue weighted by Crippen LogP contribution is -2.35. The van der Waals surface area contributed by atoms with E-state index in [2.05, 4.69) is 5.32 Å². The first-order valence-electron chi connectivity index (χ1n) is 4.73. The second-order valence-electron chi connectivity index (χ2n) is 3.26. The fourth-order valence-corrected chi connectivity index (χ4v) is 1.77. The van der Waals surface area contributed by atoms with E-state index >= 15 is 0 Å². The normalized spacial score (nSPS) is 12.2. The zero-order chi connectivity index (χ0) is 11.3. The fourth-order valence-electron chi connectivity index (χ4n) is 1.18. The summed E-state index contributed by atoms with van der Waals surface area (Å²) in [6.07, 6.45) is 1.93. The zero-order valence-electron chi connectivity index (χ0n) is 8.86. The molecule has 82 valence electrons. The summed E-state index contributed by atoms with van der Waals surface area (Å²) in [4.78, 5) is 12.7. The number of aliphatic hydroxyl groups excluding tert-OH is 1. The van der Waals surface area contributed by atoms with Gasteiger partial charge >= 0.3 is 0 Å². The summed E-state index contributed by atoms with van der Waals surface area (Å²) in [7, 11) is 0. The molecule has 15 heavy (non-hydrogen) atoms. The molecule has 1 atom stereocenters. The van der Waals surface area contributed by atoms with Crippen LogP contribution in [-0.4, -0.2) is 29.9 Å². The molecule has 0 aliphatic rings. The van der Waals surface area contributed by atoms with Crippen molar-refractivity contribution in [1.82, 2.24) is 5.32 Å². The van der Waals surface area contributed by atoms with E-state index in [0.29, 0.717) is 5.56 Å². The topological polar surface area (TPSA) is 49.3 Å². The Bertz CT molecular complexity index is 341. The summed E-state index contributed by atoms with van der Waals surface area (Å²) in [6, 6.07) is 7.21. The quantitative estimate of drug-likeness (QED) is 0.764. The molecule has 0 fully saturated rings. The number of carbonyl (C=O) groups excluding carboxylic acids is 1. The molecule has 0 saturated heterocycles. The molecule has 0 aliphatic carbocycles. The Morgan fingerprint density at radius 1 is 1.53 bits per heavy atom. The predicted octanol–water partition coefficient (Wildman–Crippen LogP) is 1.52. The molecule has 0 saturated carbocycles. The average Bonchev–Trinajstić information content (AvgIpc) is 2.28. The number of amides is 1. The maximum absolute atomic E-state index is 11.8. The highest BCUT2D eigenvalue weighted by Crippen LogP contribution is 2.19. The molecule has 3 nitrogen and oxygen atoms in total. The molecular weight excluding hydrogens is 210 g/mol. The van der Waals surface area contributed by atoms with Gasteiger partial charge in [0.05, 0.1) is 12.2 Å². The minimum atomic E-state index is -0.215. The van der Waals surface area contributed by atoms with Crippen LogP contribution in [0.4, 0.5) is 0 Å². The van der Waals surface area contributed by atoms with Crippen molar-refractivity contribution in [2.75, 3.05) is 12.9 Å². The van der Waals surface area contributed by atoms with Crippen molar-refractivity contribution in [2.45, 2.75) is 17.9 Å². The van der Waals surface area contributed by atoms with Crippen LogP contribution in [0, 0.1) is 0 Å². The first kappa shape index (κ1) is 12.1. The predicted molar refractivity (Wildman–Crippen MR) is 62.2 cm³/mol. The fraction of sp³-hybridized carbons (Fsp3) is 0.364. The maximum Gasteiger partial charge on any atom is 0.252 e. The third kappa shape index (κ3) is 3.25. The molecular formula is C11H15NO2S. The van der Waals surface area contributed by atoms with E-state index in [9.17, 15) is 4.79 Å². The number of hydrogen-bond acceptors (Lipinski definition) is 3. The lowest BCUT2D eigenvalue weighted by atomic mass is 10.2. The van der Waals surface area contributed by atoms with E-state index in [1.165, 1.54) is 11.8 Å². The van der Waals surface area contributed by atoms with Crippen LogP contribution in [0.25, 0.3) is 0 Å². The minimum absolute atomic E-state index is 0.0484. The Hall–Kier alpha value is -1.00. The zero-order valence-corrected chi connectivity index (χ0v) is 9.67. The molecule has 0 radical (unpaired) electrons. The molecule has 0 unspecified atom stereocenters. The Morgan fingerprint density at radius 3 is 2.80 bits per heavy atom. The van der Waals surface area contributed by atoms with Gasteiger partial charge in [-0.15, -0.1) is 11.8 Å². The molecule has 4 heteroatoms. The molecule has 1 amide bonds. The van der Waals surface area contributed by atoms with Crippen LogP contribution < -0.4 is 5.32 Å². The van der Waals surface area contributed by atoms with E-state index < -0.39 is 0 Å². The van der Waals surface area contributed by atoms with Gasteiger partial charge in [0.2, 0.25) is 0 Å². The molecule has 1 aromatic carbocycles. The molecule has 1 rings (SSSR count). The van der Waals surface area contributed by atoms with Crippen molar-refractivity contribution in [3.05, 3.63) is 29.8 Å². The first-order chi connectivity index (χ1) is 7.19. The monoisotopic (exact) mass is 225 g/mol. The van der Waals surface area contributed by atoms with Crippen molar-refractivity contribution >= 4 is 17.7 Å². The molecule has 2 N–H and O–H groups in total. The van der Waals surface area contributed by atoms with Gasteiger partial charge < -0.3 is 10.4 Å². The van der Waals surface area contributed by atoms with Crippen LogP contribution in [0.2, 0.25) is 0 Å². The van der Waals surface area contributed by atoms with Crippen LogP contribution in [-0.2, 0) is 0 Å². The van der Waals surface area contributed by atoms with Crippen molar-refractivity contribution < 1.29 is 9.90 Å². The van der Waals surface area contributed by atoms with Gasteiger partial charge in [0.1, 0.15) is 0 Å². The van der Waals surface area contributed by atoms with Crippen LogP contribution in [0.15, 0.2) is 29.2 Å². The number of aliphatic hydroxyl groups is 1. The summed E-state index contributed by atoms with van der Waals surface area (Å²) in [6.45, 7) is 1.72. The number of benzene rings is 1.